The van der Waals surface area contributed by atoms with Crippen LogP contribution in [0.5, 0.6) is 0 Å². The molecule has 5 nitrogen and oxygen atoms in total. The zero-order valence-electron chi connectivity index (χ0n) is 7.64. The Kier molecular flexibility index (Phi) is 5.39. The molecule has 0 unspecified atom stereocenters. The van der Waals surface area contributed by atoms with Gasteiger partial charge in [0.05, 0.1) is 5.56 Å². The molecule has 0 aromatic heterocycles. The van der Waals surface area contributed by atoms with Crippen LogP contribution in [0.25, 0.3) is 0 Å². The Labute approximate surface area is 107 Å². The first-order valence-corrected chi connectivity index (χ1v) is 4.67. The summed E-state index contributed by atoms with van der Waals surface area (Å²) in [5, 5.41) is 0. The Balaban J connectivity index is 0.00000196. The van der Waals surface area contributed by atoms with E-state index in [4.69, 9.17) is 0 Å². The van der Waals surface area contributed by atoms with Crippen molar-refractivity contribution in [1.82, 2.24) is 0 Å². The monoisotopic (exact) mass is 242 g/mol. The molecule has 0 bridgehead atoms. The van der Waals surface area contributed by atoms with E-state index in [1.54, 1.807) is 0 Å². The van der Waals surface area contributed by atoms with E-state index in [1.807, 2.05) is 0 Å². The van der Waals surface area contributed by atoms with E-state index in [-0.39, 0.29) is 35.1 Å². The van der Waals surface area contributed by atoms with Crippen molar-refractivity contribution in [3.63, 3.8) is 0 Å². The number of carbonyl (C=O) groups excluding carboxylic acids is 1. The third kappa shape index (κ3) is 5.24. The number of hydrogen-bond acceptors (Lipinski definition) is 5. The van der Waals surface area contributed by atoms with Gasteiger partial charge in [-0.2, -0.15) is 0 Å². The average Bonchev–Trinajstić information content (AvgIpc) is 2.02. The molecule has 0 aliphatic heterocycles. The fourth-order valence-electron chi connectivity index (χ4n) is 0.727. The van der Waals surface area contributed by atoms with Crippen LogP contribution in [-0.2, 0) is 14.6 Å². The number of benzene rings is 1. The standard InChI is InChI=1S/C7H5FO5S.Na/c8-6-3-1-5(2-4-6)7(9)13-14(10,11)12;/h1-4H,(H,10,11,12);/q;+1/p-1. The summed E-state index contributed by atoms with van der Waals surface area (Å²) >= 11 is 0. The first kappa shape index (κ1) is 14.5. The summed E-state index contributed by atoms with van der Waals surface area (Å²) in [4.78, 5) is 10.8. The van der Waals surface area contributed by atoms with Gasteiger partial charge in [0.2, 0.25) is 0 Å². The molecular weight excluding hydrogens is 238 g/mol. The molecule has 1 rings (SSSR count). The van der Waals surface area contributed by atoms with E-state index >= 15 is 0 Å². The smallest absolute Gasteiger partial charge is 0.716 e. The zero-order valence-corrected chi connectivity index (χ0v) is 10.5. The minimum absolute atomic E-state index is 0. The number of carbonyl (C=O) groups is 1. The van der Waals surface area contributed by atoms with Gasteiger partial charge < -0.3 is 8.74 Å². The van der Waals surface area contributed by atoms with E-state index in [1.165, 1.54) is 0 Å². The predicted octanol–water partition coefficient (Wildman–Crippen LogP) is -2.55. The predicted molar refractivity (Wildman–Crippen MR) is 41.5 cm³/mol. The molecule has 76 valence electrons. The second-order valence-corrected chi connectivity index (χ2v) is 3.27. The van der Waals surface area contributed by atoms with Gasteiger partial charge in [-0.1, -0.05) is 0 Å². The van der Waals surface area contributed by atoms with E-state index in [0.717, 1.165) is 24.3 Å². The van der Waals surface area contributed by atoms with Crippen molar-refractivity contribution in [2.45, 2.75) is 0 Å². The molecular formula is C7H4FNaO5S. The number of hydrogen-bond donors (Lipinski definition) is 0. The molecule has 0 spiro atoms. The minimum Gasteiger partial charge on any atom is -0.716 e. The van der Waals surface area contributed by atoms with Crippen molar-refractivity contribution in [3.05, 3.63) is 35.6 Å². The molecule has 0 heterocycles. The quantitative estimate of drug-likeness (QED) is 0.324. The molecule has 0 saturated heterocycles. The van der Waals surface area contributed by atoms with Gasteiger partial charge >= 0.3 is 35.5 Å². The van der Waals surface area contributed by atoms with Gasteiger partial charge in [-0.25, -0.2) is 17.6 Å². The van der Waals surface area contributed by atoms with Crippen molar-refractivity contribution in [2.75, 3.05) is 0 Å². The summed E-state index contributed by atoms with van der Waals surface area (Å²) in [6.07, 6.45) is 0. The van der Waals surface area contributed by atoms with E-state index < -0.39 is 22.2 Å². The van der Waals surface area contributed by atoms with Crippen molar-refractivity contribution < 1.29 is 55.9 Å². The van der Waals surface area contributed by atoms with Crippen LogP contribution in [0.2, 0.25) is 0 Å². The Hall–Kier alpha value is -0.470. The second kappa shape index (κ2) is 5.57. The summed E-state index contributed by atoms with van der Waals surface area (Å²) in [6, 6.07) is 3.88. The zero-order chi connectivity index (χ0) is 10.8. The molecule has 1 aromatic rings. The van der Waals surface area contributed by atoms with Crippen molar-refractivity contribution in [2.24, 2.45) is 0 Å². The largest absolute Gasteiger partial charge is 1.00 e. The van der Waals surface area contributed by atoms with Gasteiger partial charge in [-0.15, -0.1) is 0 Å². The maximum absolute atomic E-state index is 12.4. The first-order valence-electron chi connectivity index (χ1n) is 3.34. The number of rotatable bonds is 2. The van der Waals surface area contributed by atoms with Gasteiger partial charge in [0.25, 0.3) is 10.4 Å². The molecule has 0 fully saturated rings. The number of halogens is 1. The Morgan fingerprint density at radius 1 is 1.27 bits per heavy atom. The fourth-order valence-corrected chi connectivity index (χ4v) is 1.01. The van der Waals surface area contributed by atoms with E-state index in [9.17, 15) is 22.2 Å². The van der Waals surface area contributed by atoms with Crippen LogP contribution in [0.4, 0.5) is 4.39 Å². The van der Waals surface area contributed by atoms with E-state index in [2.05, 4.69) is 4.18 Å². The Morgan fingerprint density at radius 2 is 1.73 bits per heavy atom. The van der Waals surface area contributed by atoms with Crippen molar-refractivity contribution >= 4 is 16.4 Å². The van der Waals surface area contributed by atoms with E-state index in [0.29, 0.717) is 0 Å². The molecule has 15 heavy (non-hydrogen) atoms. The molecule has 0 amide bonds. The Bertz CT molecular complexity index is 441. The summed E-state index contributed by atoms with van der Waals surface area (Å²) in [5.41, 5.74) is -0.217. The van der Waals surface area contributed by atoms with Crippen LogP contribution in [0.15, 0.2) is 24.3 Å². The molecule has 0 saturated carbocycles. The van der Waals surface area contributed by atoms with Gasteiger partial charge in [0, 0.05) is 0 Å². The van der Waals surface area contributed by atoms with Crippen LogP contribution >= 0.6 is 0 Å². The SMILES string of the molecule is O=C(OS(=O)(=O)[O-])c1ccc(F)cc1.[Na+]. The van der Waals surface area contributed by atoms with Crippen LogP contribution in [0.3, 0.4) is 0 Å². The molecule has 1 aromatic carbocycles. The van der Waals surface area contributed by atoms with Gasteiger partial charge in [0.1, 0.15) is 5.82 Å². The maximum Gasteiger partial charge on any atom is 1.00 e. The van der Waals surface area contributed by atoms with Crippen LogP contribution in [0, 0.1) is 5.82 Å². The third-order valence-corrected chi connectivity index (χ3v) is 1.61. The molecule has 0 N–H and O–H groups in total. The fraction of sp³-hybridized carbons (Fsp3) is 0. The van der Waals surface area contributed by atoms with Crippen molar-refractivity contribution in [3.8, 4) is 0 Å². The third-order valence-electron chi connectivity index (χ3n) is 1.26. The average molecular weight is 242 g/mol. The summed E-state index contributed by atoms with van der Waals surface area (Å²) in [6.45, 7) is 0. The normalized spacial score (nSPS) is 10.3. The van der Waals surface area contributed by atoms with Gasteiger partial charge in [-0.05, 0) is 24.3 Å². The summed E-state index contributed by atoms with van der Waals surface area (Å²) in [7, 11) is -5.07. The molecule has 8 heteroatoms. The van der Waals surface area contributed by atoms with Crippen molar-refractivity contribution in [1.29, 1.82) is 0 Å². The van der Waals surface area contributed by atoms with Crippen LogP contribution in [-0.4, -0.2) is 18.9 Å². The van der Waals surface area contributed by atoms with Crippen LogP contribution in [0.1, 0.15) is 10.4 Å². The second-order valence-electron chi connectivity index (χ2n) is 2.29. The van der Waals surface area contributed by atoms with Gasteiger partial charge in [-0.3, -0.25) is 0 Å². The summed E-state index contributed by atoms with van der Waals surface area (Å²) < 4.78 is 45.9. The maximum atomic E-state index is 12.4. The van der Waals surface area contributed by atoms with Gasteiger partial charge in [0.15, 0.2) is 0 Å². The molecule has 0 atom stereocenters. The first-order chi connectivity index (χ1) is 6.38. The van der Waals surface area contributed by atoms with Crippen LogP contribution < -0.4 is 29.6 Å². The molecule has 0 aliphatic carbocycles. The summed E-state index contributed by atoms with van der Waals surface area (Å²) in [5.74, 6) is -1.92. The molecule has 0 aliphatic rings. The molecule has 0 radical (unpaired) electrons. The Morgan fingerprint density at radius 3 is 2.13 bits per heavy atom. The topological polar surface area (TPSA) is 83.5 Å². The minimum atomic E-state index is -5.07.